The predicted octanol–water partition coefficient (Wildman–Crippen LogP) is -0.302. The maximum Gasteiger partial charge on any atom is 0.231 e. The van der Waals surface area contributed by atoms with Gasteiger partial charge in [-0.25, -0.2) is 8.42 Å². The maximum atomic E-state index is 12.0. The second-order valence-corrected chi connectivity index (χ2v) is 7.52. The first kappa shape index (κ1) is 15.7. The number of carbonyl (C=O) groups excluding carboxylic acids is 1. The first-order valence-electron chi connectivity index (χ1n) is 6.26. The molecular weight excluding hydrogens is 270 g/mol. The zero-order valence-electron chi connectivity index (χ0n) is 11.2. The van der Waals surface area contributed by atoms with Gasteiger partial charge in [0, 0.05) is 6.54 Å². The van der Waals surface area contributed by atoms with Crippen molar-refractivity contribution in [3.8, 4) is 0 Å². The van der Waals surface area contributed by atoms with E-state index in [1.807, 2.05) is 0 Å². The van der Waals surface area contributed by atoms with E-state index in [-0.39, 0.29) is 24.1 Å². The molecule has 1 fully saturated rings. The third kappa shape index (κ3) is 3.82. The molecule has 7 nitrogen and oxygen atoms in total. The summed E-state index contributed by atoms with van der Waals surface area (Å²) < 4.78 is 23.3. The van der Waals surface area contributed by atoms with Gasteiger partial charge in [0.05, 0.1) is 11.0 Å². The van der Waals surface area contributed by atoms with E-state index in [1.54, 1.807) is 13.8 Å². The molecule has 0 aromatic rings. The monoisotopic (exact) mass is 291 g/mol. The summed E-state index contributed by atoms with van der Waals surface area (Å²) in [6.07, 6.45) is 1.20. The molecule has 19 heavy (non-hydrogen) atoms. The number of rotatable bonds is 5. The molecule has 1 heterocycles. The van der Waals surface area contributed by atoms with Gasteiger partial charge < -0.3 is 16.3 Å². The Morgan fingerprint density at radius 2 is 2.16 bits per heavy atom. The number of nitrogens with zero attached hydrogens (tertiary/aromatic N) is 1. The van der Waals surface area contributed by atoms with Crippen molar-refractivity contribution < 1.29 is 18.4 Å². The molecule has 0 aromatic heterocycles. The number of oxime groups is 1. The minimum atomic E-state index is -3.08. The first-order chi connectivity index (χ1) is 8.79. The summed E-state index contributed by atoms with van der Waals surface area (Å²) in [7, 11) is -3.08. The normalized spacial score (nSPS) is 24.4. The minimum absolute atomic E-state index is 0.0864. The van der Waals surface area contributed by atoms with Crippen LogP contribution >= 0.6 is 0 Å². The number of amidine groups is 1. The highest BCUT2D eigenvalue weighted by Gasteiger charge is 2.33. The summed E-state index contributed by atoms with van der Waals surface area (Å²) in [5.41, 5.74) is 5.48. The maximum absolute atomic E-state index is 12.0. The summed E-state index contributed by atoms with van der Waals surface area (Å²) in [5.74, 6) is -1.29. The largest absolute Gasteiger partial charge is 0.409 e. The van der Waals surface area contributed by atoms with Crippen LogP contribution < -0.4 is 11.1 Å². The molecule has 1 aliphatic rings. The van der Waals surface area contributed by atoms with Crippen molar-refractivity contribution in [3.63, 3.8) is 0 Å². The van der Waals surface area contributed by atoms with Crippen molar-refractivity contribution in [2.75, 3.05) is 12.3 Å². The summed E-state index contributed by atoms with van der Waals surface area (Å²) in [6, 6.07) is 0. The quantitative estimate of drug-likeness (QED) is 0.278. The van der Waals surface area contributed by atoms with Crippen LogP contribution in [-0.2, 0) is 14.6 Å². The van der Waals surface area contributed by atoms with Crippen molar-refractivity contribution in [2.45, 2.75) is 31.9 Å². The van der Waals surface area contributed by atoms with E-state index in [0.717, 1.165) is 0 Å². The van der Waals surface area contributed by atoms with Gasteiger partial charge in [-0.05, 0) is 18.8 Å². The van der Waals surface area contributed by atoms with Gasteiger partial charge in [0.1, 0.15) is 5.92 Å². The number of sulfone groups is 1. The molecular formula is C11H21N3O4S. The van der Waals surface area contributed by atoms with Gasteiger partial charge >= 0.3 is 0 Å². The van der Waals surface area contributed by atoms with E-state index in [4.69, 9.17) is 10.9 Å². The van der Waals surface area contributed by atoms with Crippen molar-refractivity contribution in [3.05, 3.63) is 0 Å². The molecule has 4 N–H and O–H groups in total. The Morgan fingerprint density at radius 1 is 1.53 bits per heavy atom. The van der Waals surface area contributed by atoms with Gasteiger partial charge in [-0.3, -0.25) is 4.79 Å². The Labute approximate surface area is 113 Å². The van der Waals surface area contributed by atoms with Gasteiger partial charge in [0.15, 0.2) is 15.7 Å². The standard InChI is InChI=1S/C11H21N3O4S/c1-7(2)9(10(12)14-16)11(15)13-6-8-4-3-5-19(8,17)18/h7-9,16H,3-6H2,1-2H3,(H2,12,14)(H,13,15). The predicted molar refractivity (Wildman–Crippen MR) is 71.6 cm³/mol. The SMILES string of the molecule is CC(C)C(C(=O)NCC1CCCS1(=O)=O)C(N)=NO. The molecule has 0 saturated carbocycles. The number of nitrogens with two attached hydrogens (primary N) is 1. The lowest BCUT2D eigenvalue weighted by Gasteiger charge is -2.20. The molecule has 1 saturated heterocycles. The average molecular weight is 291 g/mol. The highest BCUT2D eigenvalue weighted by molar-refractivity contribution is 7.92. The zero-order valence-corrected chi connectivity index (χ0v) is 12.0. The minimum Gasteiger partial charge on any atom is -0.409 e. The fraction of sp³-hybridized carbons (Fsp3) is 0.818. The number of hydrogen-bond donors (Lipinski definition) is 3. The van der Waals surface area contributed by atoms with E-state index in [1.165, 1.54) is 0 Å². The Bertz CT molecular complexity index is 459. The molecule has 0 bridgehead atoms. The molecule has 1 amide bonds. The van der Waals surface area contributed by atoms with E-state index < -0.39 is 26.9 Å². The fourth-order valence-corrected chi connectivity index (χ4v) is 4.02. The van der Waals surface area contributed by atoms with E-state index >= 15 is 0 Å². The van der Waals surface area contributed by atoms with Crippen LogP contribution in [0.5, 0.6) is 0 Å². The fourth-order valence-electron chi connectivity index (χ4n) is 2.25. The molecule has 0 aliphatic carbocycles. The van der Waals surface area contributed by atoms with Gasteiger partial charge in [0.2, 0.25) is 5.91 Å². The van der Waals surface area contributed by atoms with Crippen molar-refractivity contribution in [2.24, 2.45) is 22.7 Å². The van der Waals surface area contributed by atoms with Crippen LogP contribution in [0.15, 0.2) is 5.16 Å². The summed E-state index contributed by atoms with van der Waals surface area (Å²) in [5, 5.41) is 13.6. The second kappa shape index (κ2) is 6.23. The summed E-state index contributed by atoms with van der Waals surface area (Å²) >= 11 is 0. The molecule has 1 rings (SSSR count). The molecule has 110 valence electrons. The highest BCUT2D eigenvalue weighted by atomic mass is 32.2. The Kier molecular flexibility index (Phi) is 5.16. The Hall–Kier alpha value is -1.31. The van der Waals surface area contributed by atoms with Crippen LogP contribution in [0.3, 0.4) is 0 Å². The van der Waals surface area contributed by atoms with Gasteiger partial charge in [-0.1, -0.05) is 19.0 Å². The second-order valence-electron chi connectivity index (χ2n) is 5.12. The molecule has 8 heteroatoms. The van der Waals surface area contributed by atoms with E-state index in [0.29, 0.717) is 12.8 Å². The van der Waals surface area contributed by atoms with Crippen LogP contribution in [-0.4, -0.2) is 42.9 Å². The zero-order chi connectivity index (χ0) is 14.6. The van der Waals surface area contributed by atoms with Crippen molar-refractivity contribution in [1.29, 1.82) is 0 Å². The van der Waals surface area contributed by atoms with Gasteiger partial charge in [0.25, 0.3) is 0 Å². The van der Waals surface area contributed by atoms with Crippen LogP contribution in [0.1, 0.15) is 26.7 Å². The smallest absolute Gasteiger partial charge is 0.231 e. The topological polar surface area (TPSA) is 122 Å². The summed E-state index contributed by atoms with van der Waals surface area (Å²) in [4.78, 5) is 12.0. The van der Waals surface area contributed by atoms with Crippen LogP contribution in [0.2, 0.25) is 0 Å². The number of carbonyl (C=O) groups is 1. The molecule has 2 unspecified atom stereocenters. The molecule has 0 aromatic carbocycles. The third-order valence-corrected chi connectivity index (χ3v) is 5.63. The van der Waals surface area contributed by atoms with E-state index in [2.05, 4.69) is 10.5 Å². The lowest BCUT2D eigenvalue weighted by Crippen LogP contribution is -2.44. The van der Waals surface area contributed by atoms with Crippen molar-refractivity contribution in [1.82, 2.24) is 5.32 Å². The Balaban J connectivity index is 2.64. The molecule has 2 atom stereocenters. The molecule has 0 radical (unpaired) electrons. The molecule has 1 aliphatic heterocycles. The molecule has 0 spiro atoms. The van der Waals surface area contributed by atoms with Crippen LogP contribution in [0.25, 0.3) is 0 Å². The number of nitrogens with one attached hydrogen (secondary N) is 1. The summed E-state index contributed by atoms with van der Waals surface area (Å²) in [6.45, 7) is 3.63. The highest BCUT2D eigenvalue weighted by Crippen LogP contribution is 2.19. The Morgan fingerprint density at radius 3 is 2.58 bits per heavy atom. The third-order valence-electron chi connectivity index (χ3n) is 3.35. The van der Waals surface area contributed by atoms with E-state index in [9.17, 15) is 13.2 Å². The lowest BCUT2D eigenvalue weighted by atomic mass is 9.94. The number of amides is 1. The average Bonchev–Trinajstić information content (AvgIpc) is 2.65. The van der Waals surface area contributed by atoms with Gasteiger partial charge in [-0.2, -0.15) is 0 Å². The lowest BCUT2D eigenvalue weighted by molar-refractivity contribution is -0.124. The van der Waals surface area contributed by atoms with Crippen LogP contribution in [0.4, 0.5) is 0 Å². The van der Waals surface area contributed by atoms with Gasteiger partial charge in [-0.15, -0.1) is 0 Å². The number of hydrogen-bond acceptors (Lipinski definition) is 5. The van der Waals surface area contributed by atoms with Crippen molar-refractivity contribution >= 4 is 21.6 Å². The first-order valence-corrected chi connectivity index (χ1v) is 7.97. The van der Waals surface area contributed by atoms with Crippen LogP contribution in [0, 0.1) is 11.8 Å².